The van der Waals surface area contributed by atoms with Crippen molar-refractivity contribution in [2.24, 2.45) is 0 Å². The van der Waals surface area contributed by atoms with Gasteiger partial charge < -0.3 is 10.1 Å². The minimum atomic E-state index is -0.798. The minimum absolute atomic E-state index is 0.479. The molecule has 0 aliphatic carbocycles. The minimum Gasteiger partial charge on any atom is -0.480 e. The molecule has 1 atom stereocenters. The molecular weight excluding hydrogens is 260 g/mol. The van der Waals surface area contributed by atoms with Crippen molar-refractivity contribution in [3.05, 3.63) is 47.8 Å². The summed E-state index contributed by atoms with van der Waals surface area (Å²) in [6.07, 6.45) is 4.66. The highest BCUT2D eigenvalue weighted by Gasteiger charge is 2.19. The number of nitrogens with zero attached hydrogens (tertiary/aromatic N) is 1. The Bertz CT molecular complexity index is 523. The summed E-state index contributed by atoms with van der Waals surface area (Å²) < 4.78 is 0. The monoisotopic (exact) mass is 276 g/mol. The third-order valence-corrected chi connectivity index (χ3v) is 3.99. The molecule has 0 amide bonds. The lowest BCUT2D eigenvalue weighted by molar-refractivity contribution is -0.136. The summed E-state index contributed by atoms with van der Waals surface area (Å²) in [6, 6.07) is 8.19. The second kappa shape index (κ2) is 6.43. The van der Waals surface area contributed by atoms with Crippen molar-refractivity contribution in [1.29, 1.82) is 0 Å². The van der Waals surface area contributed by atoms with Gasteiger partial charge in [0.15, 0.2) is 5.16 Å². The highest BCUT2D eigenvalue weighted by Crippen LogP contribution is 2.23. The molecule has 0 aliphatic rings. The van der Waals surface area contributed by atoms with Crippen molar-refractivity contribution in [3.8, 4) is 0 Å². The number of carboxylic acid groups (broad SMARTS) is 1. The van der Waals surface area contributed by atoms with Crippen LogP contribution in [0.1, 0.15) is 17.5 Å². The van der Waals surface area contributed by atoms with Crippen molar-refractivity contribution in [3.63, 3.8) is 0 Å². The van der Waals surface area contributed by atoms with Gasteiger partial charge >= 0.3 is 5.97 Å². The number of hydrogen-bond donors (Lipinski definition) is 2. The second-order valence-electron chi connectivity index (χ2n) is 4.36. The molecule has 0 bridgehead atoms. The summed E-state index contributed by atoms with van der Waals surface area (Å²) in [7, 11) is 0. The van der Waals surface area contributed by atoms with Crippen LogP contribution in [0.5, 0.6) is 0 Å². The molecule has 4 nitrogen and oxygen atoms in total. The van der Waals surface area contributed by atoms with Crippen LogP contribution in [0, 0.1) is 6.92 Å². The highest BCUT2D eigenvalue weighted by atomic mass is 32.2. The molecule has 2 aromatic rings. The van der Waals surface area contributed by atoms with Crippen LogP contribution in [-0.2, 0) is 11.2 Å². The lowest BCUT2D eigenvalue weighted by atomic mass is 10.1. The number of rotatable bonds is 6. The van der Waals surface area contributed by atoms with Gasteiger partial charge in [0.2, 0.25) is 0 Å². The first kappa shape index (κ1) is 13.7. The maximum Gasteiger partial charge on any atom is 0.317 e. The molecule has 19 heavy (non-hydrogen) atoms. The van der Waals surface area contributed by atoms with Gasteiger partial charge in [-0.2, -0.15) is 0 Å². The number of carbonyl (C=O) groups is 1. The summed E-state index contributed by atoms with van der Waals surface area (Å²) in [6.45, 7) is 2.04. The fourth-order valence-corrected chi connectivity index (χ4v) is 2.60. The van der Waals surface area contributed by atoms with Gasteiger partial charge in [-0.3, -0.25) is 4.79 Å². The number of benzene rings is 1. The first-order valence-electron chi connectivity index (χ1n) is 6.09. The molecule has 5 heteroatoms. The highest BCUT2D eigenvalue weighted by molar-refractivity contribution is 8.00. The van der Waals surface area contributed by atoms with Gasteiger partial charge in [-0.25, -0.2) is 4.98 Å². The van der Waals surface area contributed by atoms with Crippen LogP contribution in [0.25, 0.3) is 0 Å². The summed E-state index contributed by atoms with van der Waals surface area (Å²) >= 11 is 1.26. The lowest BCUT2D eigenvalue weighted by Gasteiger charge is -2.10. The molecule has 0 spiro atoms. The van der Waals surface area contributed by atoms with Crippen LogP contribution in [0.15, 0.2) is 41.8 Å². The maximum atomic E-state index is 11.2. The van der Waals surface area contributed by atoms with Gasteiger partial charge in [0, 0.05) is 12.4 Å². The average Bonchev–Trinajstić information content (AvgIpc) is 2.89. The first-order chi connectivity index (χ1) is 9.15. The Morgan fingerprint density at radius 3 is 2.74 bits per heavy atom. The number of H-pyrrole nitrogens is 1. The van der Waals surface area contributed by atoms with E-state index in [9.17, 15) is 9.90 Å². The van der Waals surface area contributed by atoms with E-state index in [4.69, 9.17) is 0 Å². The second-order valence-corrected chi connectivity index (χ2v) is 5.55. The molecule has 0 saturated heterocycles. The SMILES string of the molecule is Cc1ccc(CCC(Sc2ncc[nH]2)C(=O)O)cc1. The Hall–Kier alpha value is -1.75. The van der Waals surface area contributed by atoms with Crippen molar-refractivity contribution in [2.75, 3.05) is 0 Å². The summed E-state index contributed by atoms with van der Waals surface area (Å²) in [5.41, 5.74) is 2.38. The van der Waals surface area contributed by atoms with Crippen molar-refractivity contribution < 1.29 is 9.90 Å². The van der Waals surface area contributed by atoms with E-state index in [0.717, 1.165) is 12.0 Å². The number of hydrogen-bond acceptors (Lipinski definition) is 3. The predicted molar refractivity (Wildman–Crippen MR) is 75.4 cm³/mol. The van der Waals surface area contributed by atoms with Gasteiger partial charge in [-0.1, -0.05) is 41.6 Å². The third kappa shape index (κ3) is 4.13. The third-order valence-electron chi connectivity index (χ3n) is 2.82. The van der Waals surface area contributed by atoms with Gasteiger partial charge in [-0.15, -0.1) is 0 Å². The summed E-state index contributed by atoms with van der Waals surface area (Å²) in [4.78, 5) is 18.2. The topological polar surface area (TPSA) is 66.0 Å². The van der Waals surface area contributed by atoms with Crippen LogP contribution in [0.2, 0.25) is 0 Å². The molecule has 100 valence electrons. The Morgan fingerprint density at radius 1 is 1.42 bits per heavy atom. The van der Waals surface area contributed by atoms with E-state index in [2.05, 4.69) is 9.97 Å². The first-order valence-corrected chi connectivity index (χ1v) is 6.97. The van der Waals surface area contributed by atoms with Gasteiger partial charge in [0.1, 0.15) is 5.25 Å². The fourth-order valence-electron chi connectivity index (χ4n) is 1.74. The standard InChI is InChI=1S/C14H16N2O2S/c1-10-2-4-11(5-3-10)6-7-12(13(17)18)19-14-15-8-9-16-14/h2-5,8-9,12H,6-7H2,1H3,(H,15,16)(H,17,18). The fraction of sp³-hybridized carbons (Fsp3) is 0.286. The summed E-state index contributed by atoms with van der Waals surface area (Å²) in [5.74, 6) is -0.798. The van der Waals surface area contributed by atoms with E-state index in [1.807, 2.05) is 31.2 Å². The molecule has 0 saturated carbocycles. The molecule has 1 heterocycles. The van der Waals surface area contributed by atoms with Crippen LogP contribution in [0.4, 0.5) is 0 Å². The molecule has 1 aromatic carbocycles. The quantitative estimate of drug-likeness (QED) is 0.796. The smallest absolute Gasteiger partial charge is 0.317 e. The van der Waals surface area contributed by atoms with Gasteiger partial charge in [0.05, 0.1) is 0 Å². The van der Waals surface area contributed by atoms with Crippen LogP contribution < -0.4 is 0 Å². The van der Waals surface area contributed by atoms with E-state index in [1.54, 1.807) is 12.4 Å². The van der Waals surface area contributed by atoms with E-state index in [0.29, 0.717) is 11.6 Å². The van der Waals surface area contributed by atoms with E-state index >= 15 is 0 Å². The molecule has 0 radical (unpaired) electrons. The van der Waals surface area contributed by atoms with Crippen molar-refractivity contribution >= 4 is 17.7 Å². The van der Waals surface area contributed by atoms with E-state index in [-0.39, 0.29) is 0 Å². The van der Waals surface area contributed by atoms with Crippen LogP contribution in [-0.4, -0.2) is 26.3 Å². The van der Waals surface area contributed by atoms with Gasteiger partial charge in [0.25, 0.3) is 0 Å². The number of carboxylic acids is 1. The largest absolute Gasteiger partial charge is 0.480 e. The molecule has 1 aromatic heterocycles. The normalized spacial score (nSPS) is 12.3. The Balaban J connectivity index is 1.93. The Morgan fingerprint density at radius 2 is 2.16 bits per heavy atom. The predicted octanol–water partition coefficient (Wildman–Crippen LogP) is 2.90. The number of aryl methyl sites for hydroxylation is 2. The lowest BCUT2D eigenvalue weighted by Crippen LogP contribution is -2.17. The van der Waals surface area contributed by atoms with E-state index < -0.39 is 11.2 Å². The van der Waals surface area contributed by atoms with Gasteiger partial charge in [-0.05, 0) is 25.3 Å². The van der Waals surface area contributed by atoms with Crippen molar-refractivity contribution in [2.45, 2.75) is 30.2 Å². The maximum absolute atomic E-state index is 11.2. The number of aromatic nitrogens is 2. The molecule has 2 N–H and O–H groups in total. The molecular formula is C14H16N2O2S. The van der Waals surface area contributed by atoms with Crippen molar-refractivity contribution in [1.82, 2.24) is 9.97 Å². The number of aromatic amines is 1. The van der Waals surface area contributed by atoms with Crippen LogP contribution >= 0.6 is 11.8 Å². The number of nitrogens with one attached hydrogen (secondary N) is 1. The number of aliphatic carboxylic acids is 1. The molecule has 0 fully saturated rings. The zero-order chi connectivity index (χ0) is 13.7. The summed E-state index contributed by atoms with van der Waals surface area (Å²) in [5, 5.41) is 9.40. The zero-order valence-corrected chi connectivity index (χ0v) is 11.5. The molecule has 2 rings (SSSR count). The Labute approximate surface area is 116 Å². The number of thioether (sulfide) groups is 1. The molecule has 0 aliphatic heterocycles. The van der Waals surface area contributed by atoms with E-state index in [1.165, 1.54) is 17.3 Å². The van der Waals surface area contributed by atoms with Crippen LogP contribution in [0.3, 0.4) is 0 Å². The zero-order valence-electron chi connectivity index (χ0n) is 10.7. The Kier molecular flexibility index (Phi) is 4.63. The number of imidazole rings is 1. The molecule has 1 unspecified atom stereocenters. The average molecular weight is 276 g/mol.